The maximum absolute atomic E-state index is 5.88. The van der Waals surface area contributed by atoms with Gasteiger partial charge in [-0.05, 0) is 37.0 Å². The van der Waals surface area contributed by atoms with Crippen molar-refractivity contribution in [1.29, 1.82) is 0 Å². The highest BCUT2D eigenvalue weighted by molar-refractivity contribution is 5.39. The third kappa shape index (κ3) is 4.31. The van der Waals surface area contributed by atoms with Gasteiger partial charge in [-0.3, -0.25) is 0 Å². The molecule has 0 aliphatic carbocycles. The highest BCUT2D eigenvalue weighted by Crippen LogP contribution is 2.27. The van der Waals surface area contributed by atoms with Crippen LogP contribution >= 0.6 is 0 Å². The van der Waals surface area contributed by atoms with Crippen molar-refractivity contribution in [1.82, 2.24) is 0 Å². The van der Waals surface area contributed by atoms with E-state index in [0.29, 0.717) is 25.7 Å². The Morgan fingerprint density at radius 3 is 2.56 bits per heavy atom. The minimum atomic E-state index is -0.0319. The monoisotopic (exact) mass is 251 g/mol. The van der Waals surface area contributed by atoms with Crippen LogP contribution < -0.4 is 10.5 Å². The number of rotatable bonds is 7. The number of benzene rings is 1. The first kappa shape index (κ1) is 15.0. The normalized spacial score (nSPS) is 12.8. The zero-order valence-corrected chi connectivity index (χ0v) is 11.9. The Kier molecular flexibility index (Phi) is 6.16. The molecule has 1 aromatic rings. The zero-order valence-electron chi connectivity index (χ0n) is 11.9. The van der Waals surface area contributed by atoms with E-state index in [4.69, 9.17) is 15.2 Å². The lowest BCUT2D eigenvalue weighted by atomic mass is 10.0. The summed E-state index contributed by atoms with van der Waals surface area (Å²) in [6.07, 6.45) is -0.0319. The van der Waals surface area contributed by atoms with Crippen LogP contribution in [0.5, 0.6) is 5.75 Å². The summed E-state index contributed by atoms with van der Waals surface area (Å²) < 4.78 is 11.4. The van der Waals surface area contributed by atoms with E-state index in [-0.39, 0.29) is 6.10 Å². The van der Waals surface area contributed by atoms with Gasteiger partial charge >= 0.3 is 0 Å². The maximum atomic E-state index is 5.88. The van der Waals surface area contributed by atoms with Crippen molar-refractivity contribution in [3.63, 3.8) is 0 Å². The zero-order chi connectivity index (χ0) is 13.5. The molecule has 0 aliphatic heterocycles. The van der Waals surface area contributed by atoms with Crippen molar-refractivity contribution in [3.05, 3.63) is 29.3 Å². The van der Waals surface area contributed by atoms with Gasteiger partial charge < -0.3 is 15.2 Å². The Morgan fingerprint density at radius 2 is 2.00 bits per heavy atom. The fraction of sp³-hybridized carbons (Fsp3) is 0.600. The van der Waals surface area contributed by atoms with Gasteiger partial charge in [0.2, 0.25) is 0 Å². The predicted octanol–water partition coefficient (Wildman–Crippen LogP) is 2.86. The van der Waals surface area contributed by atoms with Gasteiger partial charge in [-0.25, -0.2) is 0 Å². The Labute approximate surface area is 110 Å². The minimum absolute atomic E-state index is 0.0319. The summed E-state index contributed by atoms with van der Waals surface area (Å²) in [6, 6.07) is 6.33. The Balaban J connectivity index is 2.73. The number of hydrogen-bond acceptors (Lipinski definition) is 3. The van der Waals surface area contributed by atoms with E-state index in [1.165, 1.54) is 11.1 Å². The molecular formula is C15H25NO2. The molecule has 0 spiro atoms. The van der Waals surface area contributed by atoms with Crippen molar-refractivity contribution < 1.29 is 9.47 Å². The molecular weight excluding hydrogens is 226 g/mol. The van der Waals surface area contributed by atoms with E-state index >= 15 is 0 Å². The number of nitrogens with two attached hydrogens (primary N) is 1. The van der Waals surface area contributed by atoms with Gasteiger partial charge in [-0.15, -0.1) is 0 Å². The molecule has 0 amide bonds. The van der Waals surface area contributed by atoms with Crippen molar-refractivity contribution >= 4 is 0 Å². The first-order valence-corrected chi connectivity index (χ1v) is 6.63. The molecule has 0 aromatic heterocycles. The molecule has 18 heavy (non-hydrogen) atoms. The average Bonchev–Trinajstić information content (AvgIpc) is 2.34. The Bertz CT molecular complexity index is 364. The quantitative estimate of drug-likeness (QED) is 0.810. The molecule has 3 nitrogen and oxygen atoms in total. The first-order valence-electron chi connectivity index (χ1n) is 6.63. The summed E-state index contributed by atoms with van der Waals surface area (Å²) in [5.41, 5.74) is 8.08. The van der Waals surface area contributed by atoms with Crippen molar-refractivity contribution in [2.24, 2.45) is 5.73 Å². The summed E-state index contributed by atoms with van der Waals surface area (Å²) in [5, 5.41) is 0. The Morgan fingerprint density at radius 1 is 1.28 bits per heavy atom. The van der Waals surface area contributed by atoms with Crippen LogP contribution in [0.15, 0.2) is 18.2 Å². The molecule has 102 valence electrons. The van der Waals surface area contributed by atoms with Crippen LogP contribution in [0.4, 0.5) is 0 Å². The highest BCUT2D eigenvalue weighted by atomic mass is 16.5. The fourth-order valence-corrected chi connectivity index (χ4v) is 1.85. The highest BCUT2D eigenvalue weighted by Gasteiger charge is 2.11. The summed E-state index contributed by atoms with van der Waals surface area (Å²) in [6.45, 7) is 10.0. The fourth-order valence-electron chi connectivity index (χ4n) is 1.85. The first-order chi connectivity index (χ1) is 8.58. The third-order valence-corrected chi connectivity index (χ3v) is 2.88. The smallest absolute Gasteiger partial charge is 0.123 e. The lowest BCUT2D eigenvalue weighted by Crippen LogP contribution is -2.30. The van der Waals surface area contributed by atoms with Crippen LogP contribution in [0.1, 0.15) is 37.8 Å². The van der Waals surface area contributed by atoms with Gasteiger partial charge in [0, 0.05) is 13.2 Å². The third-order valence-electron chi connectivity index (χ3n) is 2.88. The predicted molar refractivity (Wildman–Crippen MR) is 75.2 cm³/mol. The van der Waals surface area contributed by atoms with Gasteiger partial charge in [0.25, 0.3) is 0 Å². The van der Waals surface area contributed by atoms with Crippen molar-refractivity contribution in [3.8, 4) is 5.75 Å². The average molecular weight is 251 g/mol. The molecule has 0 saturated heterocycles. The van der Waals surface area contributed by atoms with E-state index in [1.807, 2.05) is 6.92 Å². The van der Waals surface area contributed by atoms with Crippen LogP contribution in [0.3, 0.4) is 0 Å². The van der Waals surface area contributed by atoms with E-state index in [2.05, 4.69) is 39.0 Å². The van der Waals surface area contributed by atoms with Gasteiger partial charge in [-0.2, -0.15) is 0 Å². The lowest BCUT2D eigenvalue weighted by Gasteiger charge is -2.19. The Hall–Kier alpha value is -1.06. The van der Waals surface area contributed by atoms with E-state index < -0.39 is 0 Å². The van der Waals surface area contributed by atoms with E-state index in [1.54, 1.807) is 0 Å². The summed E-state index contributed by atoms with van der Waals surface area (Å²) in [5.74, 6) is 1.40. The summed E-state index contributed by atoms with van der Waals surface area (Å²) >= 11 is 0. The molecule has 2 N–H and O–H groups in total. The molecule has 0 aliphatic rings. The molecule has 0 saturated carbocycles. The summed E-state index contributed by atoms with van der Waals surface area (Å²) in [4.78, 5) is 0. The molecule has 0 fully saturated rings. The van der Waals surface area contributed by atoms with Gasteiger partial charge in [0.15, 0.2) is 0 Å². The van der Waals surface area contributed by atoms with Crippen molar-refractivity contribution in [2.45, 2.75) is 39.7 Å². The topological polar surface area (TPSA) is 44.5 Å². The van der Waals surface area contributed by atoms with E-state index in [9.17, 15) is 0 Å². The molecule has 1 rings (SSSR count). The van der Waals surface area contributed by atoms with Crippen LogP contribution in [0.2, 0.25) is 0 Å². The SMILES string of the molecule is CCOC(CN)COc1cc(C)ccc1C(C)C. The molecule has 0 heterocycles. The number of ether oxygens (including phenoxy) is 2. The second kappa shape index (κ2) is 7.39. The second-order valence-corrected chi connectivity index (χ2v) is 4.82. The molecule has 1 atom stereocenters. The van der Waals surface area contributed by atoms with Crippen LogP contribution in [-0.2, 0) is 4.74 Å². The summed E-state index contributed by atoms with van der Waals surface area (Å²) in [7, 11) is 0. The number of aryl methyl sites for hydroxylation is 1. The largest absolute Gasteiger partial charge is 0.491 e. The van der Waals surface area contributed by atoms with Crippen LogP contribution in [0, 0.1) is 6.92 Å². The molecule has 0 bridgehead atoms. The molecule has 1 unspecified atom stereocenters. The molecule has 1 aromatic carbocycles. The van der Waals surface area contributed by atoms with Gasteiger partial charge in [0.05, 0.1) is 0 Å². The van der Waals surface area contributed by atoms with Crippen LogP contribution in [0.25, 0.3) is 0 Å². The molecule has 0 radical (unpaired) electrons. The lowest BCUT2D eigenvalue weighted by molar-refractivity contribution is 0.0334. The molecule has 3 heteroatoms. The van der Waals surface area contributed by atoms with E-state index in [0.717, 1.165) is 5.75 Å². The van der Waals surface area contributed by atoms with Gasteiger partial charge in [0.1, 0.15) is 18.5 Å². The van der Waals surface area contributed by atoms with Crippen molar-refractivity contribution in [2.75, 3.05) is 19.8 Å². The second-order valence-electron chi connectivity index (χ2n) is 4.82. The van der Waals surface area contributed by atoms with Gasteiger partial charge in [-0.1, -0.05) is 26.0 Å². The van der Waals surface area contributed by atoms with Crippen LogP contribution in [-0.4, -0.2) is 25.9 Å². The number of hydrogen-bond donors (Lipinski definition) is 1. The minimum Gasteiger partial charge on any atom is -0.491 e. The maximum Gasteiger partial charge on any atom is 0.123 e. The standard InChI is InChI=1S/C15H25NO2/c1-5-17-13(9-16)10-18-15-8-12(4)6-7-14(15)11(2)3/h6-8,11,13H,5,9-10,16H2,1-4H3.